The van der Waals surface area contributed by atoms with E-state index in [1.807, 2.05) is 33.1 Å². The highest BCUT2D eigenvalue weighted by atomic mass is 32.1. The number of carbonyl (C=O) groups is 2. The van der Waals surface area contributed by atoms with Gasteiger partial charge < -0.3 is 14.4 Å². The van der Waals surface area contributed by atoms with Gasteiger partial charge in [0, 0.05) is 24.4 Å². The molecule has 0 spiro atoms. The molecule has 6 nitrogen and oxygen atoms in total. The summed E-state index contributed by atoms with van der Waals surface area (Å²) in [6.45, 7) is 8.27. The number of esters is 1. The summed E-state index contributed by atoms with van der Waals surface area (Å²) in [5.41, 5.74) is 0.214. The second kappa shape index (κ2) is 7.12. The molecular weight excluding hydrogens is 316 g/mol. The number of rotatable bonds is 3. The van der Waals surface area contributed by atoms with Crippen LogP contribution >= 0.6 is 11.3 Å². The van der Waals surface area contributed by atoms with Gasteiger partial charge in [-0.3, -0.25) is 0 Å². The first-order valence-electron chi connectivity index (χ1n) is 7.52. The summed E-state index contributed by atoms with van der Waals surface area (Å²) in [7, 11) is 0. The fraction of sp³-hybridized carbons (Fsp3) is 0.562. The first-order chi connectivity index (χ1) is 10.7. The van der Waals surface area contributed by atoms with Crippen LogP contribution in [0.2, 0.25) is 0 Å². The monoisotopic (exact) mass is 338 g/mol. The van der Waals surface area contributed by atoms with Gasteiger partial charge >= 0.3 is 12.1 Å². The van der Waals surface area contributed by atoms with Crippen molar-refractivity contribution in [1.82, 2.24) is 9.88 Å². The van der Waals surface area contributed by atoms with Crippen molar-refractivity contribution in [2.45, 2.75) is 45.8 Å². The fourth-order valence-corrected chi connectivity index (χ4v) is 2.71. The zero-order chi connectivity index (χ0) is 17.0. The average Bonchev–Trinajstić information content (AvgIpc) is 3.04. The van der Waals surface area contributed by atoms with Crippen LogP contribution < -0.4 is 0 Å². The van der Waals surface area contributed by atoms with E-state index in [2.05, 4.69) is 4.98 Å². The normalized spacial score (nSPS) is 18.4. The topological polar surface area (TPSA) is 68.7 Å². The first kappa shape index (κ1) is 17.5. The lowest BCUT2D eigenvalue weighted by molar-refractivity contribution is -0.142. The van der Waals surface area contributed by atoms with Gasteiger partial charge in [-0.05, 0) is 33.8 Å². The van der Waals surface area contributed by atoms with Crippen molar-refractivity contribution in [1.29, 1.82) is 0 Å². The summed E-state index contributed by atoms with van der Waals surface area (Å²) in [6.07, 6.45) is 2.95. The molecule has 1 atom stereocenters. The number of thiazole rings is 1. The van der Waals surface area contributed by atoms with Crippen LogP contribution in [0.3, 0.4) is 0 Å². The van der Waals surface area contributed by atoms with E-state index in [0.717, 1.165) is 10.7 Å². The molecule has 1 aromatic rings. The highest BCUT2D eigenvalue weighted by molar-refractivity contribution is 7.09. The molecule has 1 fully saturated rings. The van der Waals surface area contributed by atoms with E-state index in [4.69, 9.17) is 9.47 Å². The molecule has 126 valence electrons. The Balaban J connectivity index is 1.80. The molecule has 0 saturated carbocycles. The highest BCUT2D eigenvalue weighted by Gasteiger charge is 2.31. The second-order valence-corrected chi connectivity index (χ2v) is 7.46. The fourth-order valence-electron chi connectivity index (χ4n) is 2.13. The molecule has 1 aromatic heterocycles. The summed E-state index contributed by atoms with van der Waals surface area (Å²) >= 11 is 1.52. The van der Waals surface area contributed by atoms with Crippen LogP contribution in [0.25, 0.3) is 6.08 Å². The van der Waals surface area contributed by atoms with Gasteiger partial charge in [-0.2, -0.15) is 0 Å². The van der Waals surface area contributed by atoms with Gasteiger partial charge in [-0.1, -0.05) is 0 Å². The van der Waals surface area contributed by atoms with E-state index < -0.39 is 11.6 Å². The van der Waals surface area contributed by atoms with E-state index in [1.54, 1.807) is 11.0 Å². The number of hydrogen-bond donors (Lipinski definition) is 0. The molecule has 1 aliphatic heterocycles. The van der Waals surface area contributed by atoms with Crippen LogP contribution in [0.15, 0.2) is 11.5 Å². The third kappa shape index (κ3) is 5.67. The molecule has 1 aliphatic rings. The zero-order valence-corrected chi connectivity index (χ0v) is 14.7. The Bertz CT molecular complexity index is 603. The number of likely N-dealkylation sites (tertiary alicyclic amines) is 1. The number of amides is 1. The quantitative estimate of drug-likeness (QED) is 0.626. The van der Waals surface area contributed by atoms with Crippen molar-refractivity contribution in [3.8, 4) is 0 Å². The second-order valence-electron chi connectivity index (χ2n) is 6.40. The SMILES string of the molecule is Cc1nc(C=CC(=O)O[C@H]2CCN(C(=O)OC(C)(C)C)C2)cs1. The minimum atomic E-state index is -0.528. The van der Waals surface area contributed by atoms with Gasteiger partial charge in [-0.25, -0.2) is 14.6 Å². The minimum absolute atomic E-state index is 0.295. The van der Waals surface area contributed by atoms with Crippen molar-refractivity contribution in [2.24, 2.45) is 0 Å². The highest BCUT2D eigenvalue weighted by Crippen LogP contribution is 2.17. The van der Waals surface area contributed by atoms with E-state index in [0.29, 0.717) is 19.5 Å². The summed E-state index contributed by atoms with van der Waals surface area (Å²) in [6, 6.07) is 0. The Labute approximate surface area is 140 Å². The molecule has 0 aromatic carbocycles. The van der Waals surface area contributed by atoms with Gasteiger partial charge in [0.2, 0.25) is 0 Å². The third-order valence-electron chi connectivity index (χ3n) is 3.11. The lowest BCUT2D eigenvalue weighted by Gasteiger charge is -2.24. The van der Waals surface area contributed by atoms with Crippen molar-refractivity contribution < 1.29 is 19.1 Å². The molecule has 7 heteroatoms. The van der Waals surface area contributed by atoms with Gasteiger partial charge in [0.05, 0.1) is 17.2 Å². The molecule has 2 heterocycles. The molecule has 0 bridgehead atoms. The van der Waals surface area contributed by atoms with Crippen molar-refractivity contribution in [3.63, 3.8) is 0 Å². The van der Waals surface area contributed by atoms with E-state index >= 15 is 0 Å². The molecule has 0 N–H and O–H groups in total. The predicted molar refractivity (Wildman–Crippen MR) is 88.2 cm³/mol. The molecular formula is C16H22N2O4S. The molecule has 2 rings (SSSR count). The van der Waals surface area contributed by atoms with Crippen molar-refractivity contribution in [3.05, 3.63) is 22.2 Å². The van der Waals surface area contributed by atoms with Crippen LogP contribution in [0.1, 0.15) is 37.9 Å². The van der Waals surface area contributed by atoms with Crippen LogP contribution in [0.5, 0.6) is 0 Å². The largest absolute Gasteiger partial charge is 0.457 e. The molecule has 1 amide bonds. The maximum absolute atomic E-state index is 11.9. The predicted octanol–water partition coefficient (Wildman–Crippen LogP) is 3.02. The number of carbonyl (C=O) groups excluding carboxylic acids is 2. The Morgan fingerprint density at radius 3 is 2.78 bits per heavy atom. The Morgan fingerprint density at radius 1 is 1.43 bits per heavy atom. The van der Waals surface area contributed by atoms with Gasteiger partial charge in [0.15, 0.2) is 0 Å². The molecule has 1 saturated heterocycles. The Kier molecular flexibility index (Phi) is 5.41. The molecule has 23 heavy (non-hydrogen) atoms. The standard InChI is InChI=1S/C16H22N2O4S/c1-11-17-12(10-23-11)5-6-14(19)21-13-7-8-18(9-13)15(20)22-16(2,3)4/h5-6,10,13H,7-9H2,1-4H3/t13-/m0/s1. The zero-order valence-electron chi connectivity index (χ0n) is 13.9. The smallest absolute Gasteiger partial charge is 0.410 e. The summed E-state index contributed by atoms with van der Waals surface area (Å²) in [5.74, 6) is -0.424. The first-order valence-corrected chi connectivity index (χ1v) is 8.39. The van der Waals surface area contributed by atoms with E-state index in [1.165, 1.54) is 17.4 Å². The number of hydrogen-bond acceptors (Lipinski definition) is 6. The Hall–Kier alpha value is -1.89. The average molecular weight is 338 g/mol. The summed E-state index contributed by atoms with van der Waals surface area (Å²) in [4.78, 5) is 29.6. The Morgan fingerprint density at radius 2 is 2.17 bits per heavy atom. The van der Waals surface area contributed by atoms with Crippen LogP contribution in [-0.4, -0.2) is 46.7 Å². The van der Waals surface area contributed by atoms with Gasteiger partial charge in [0.25, 0.3) is 0 Å². The van der Waals surface area contributed by atoms with E-state index in [9.17, 15) is 9.59 Å². The van der Waals surface area contributed by atoms with Crippen LogP contribution in [0.4, 0.5) is 4.79 Å². The van der Waals surface area contributed by atoms with Gasteiger partial charge in [-0.15, -0.1) is 11.3 Å². The third-order valence-corrected chi connectivity index (χ3v) is 3.90. The summed E-state index contributed by atoms with van der Waals surface area (Å²) in [5, 5.41) is 2.82. The van der Waals surface area contributed by atoms with Crippen LogP contribution in [-0.2, 0) is 14.3 Å². The number of aryl methyl sites for hydroxylation is 1. The molecule has 0 unspecified atom stereocenters. The van der Waals surface area contributed by atoms with E-state index in [-0.39, 0.29) is 12.2 Å². The maximum Gasteiger partial charge on any atom is 0.410 e. The van der Waals surface area contributed by atoms with Crippen LogP contribution in [0, 0.1) is 6.92 Å². The lowest BCUT2D eigenvalue weighted by atomic mass is 10.2. The lowest BCUT2D eigenvalue weighted by Crippen LogP contribution is -2.36. The summed E-state index contributed by atoms with van der Waals surface area (Å²) < 4.78 is 10.7. The van der Waals surface area contributed by atoms with Crippen molar-refractivity contribution >= 4 is 29.5 Å². The number of nitrogens with zero attached hydrogens (tertiary/aromatic N) is 2. The van der Waals surface area contributed by atoms with Crippen molar-refractivity contribution in [2.75, 3.05) is 13.1 Å². The van der Waals surface area contributed by atoms with Gasteiger partial charge in [0.1, 0.15) is 11.7 Å². The number of aromatic nitrogens is 1. The maximum atomic E-state index is 11.9. The number of ether oxygens (including phenoxy) is 2. The molecule has 0 aliphatic carbocycles. The minimum Gasteiger partial charge on any atom is -0.457 e. The molecule has 0 radical (unpaired) electrons.